The van der Waals surface area contributed by atoms with Crippen LogP contribution in [0.3, 0.4) is 0 Å². The van der Waals surface area contributed by atoms with Crippen LogP contribution in [0.1, 0.15) is 26.7 Å². The Morgan fingerprint density at radius 1 is 1.24 bits per heavy atom. The first-order valence-corrected chi connectivity index (χ1v) is 8.76. The van der Waals surface area contributed by atoms with E-state index >= 15 is 0 Å². The van der Waals surface area contributed by atoms with Crippen LogP contribution in [0, 0.1) is 0 Å². The highest BCUT2D eigenvalue weighted by molar-refractivity contribution is 7.85. The van der Waals surface area contributed by atoms with Gasteiger partial charge in [0.05, 0.1) is 43.8 Å². The van der Waals surface area contributed by atoms with Crippen molar-refractivity contribution in [2.75, 3.05) is 46.0 Å². The lowest BCUT2D eigenvalue weighted by atomic mass is 10.2. The highest BCUT2D eigenvalue weighted by Gasteiger charge is 2.20. The van der Waals surface area contributed by atoms with Crippen LogP contribution in [0.4, 0.5) is 0 Å². The normalized spacial score (nSPS) is 12.2. The monoisotopic (exact) mass is 320 g/mol. The van der Waals surface area contributed by atoms with Crippen LogP contribution in [-0.4, -0.2) is 74.3 Å². The molecule has 0 radical (unpaired) electrons. The second-order valence-electron chi connectivity index (χ2n) is 6.07. The van der Waals surface area contributed by atoms with E-state index < -0.39 is 10.1 Å². The molecule has 0 saturated carbocycles. The van der Waals surface area contributed by atoms with Crippen LogP contribution >= 0.6 is 0 Å². The standard InChI is InChI=1S/C14H28N2O4S/c1-6-8-15(14(17)13(2)3)9-11-16(4,5)10-7-12-21(18,19)20/h2,6-12H2,1,3-5H3. The summed E-state index contributed by atoms with van der Waals surface area (Å²) in [6.45, 7) is 9.96. The van der Waals surface area contributed by atoms with Crippen molar-refractivity contribution in [2.24, 2.45) is 0 Å². The molecule has 0 aromatic heterocycles. The van der Waals surface area contributed by atoms with E-state index in [9.17, 15) is 17.8 Å². The van der Waals surface area contributed by atoms with Crippen LogP contribution in [0.5, 0.6) is 0 Å². The molecule has 0 atom stereocenters. The first-order valence-electron chi connectivity index (χ1n) is 7.19. The highest BCUT2D eigenvalue weighted by Crippen LogP contribution is 2.05. The minimum Gasteiger partial charge on any atom is -0.748 e. The maximum absolute atomic E-state index is 12.0. The summed E-state index contributed by atoms with van der Waals surface area (Å²) in [5, 5.41) is 0. The second-order valence-corrected chi connectivity index (χ2v) is 7.59. The zero-order valence-electron chi connectivity index (χ0n) is 13.6. The molecule has 0 N–H and O–H groups in total. The van der Waals surface area contributed by atoms with Gasteiger partial charge in [0.2, 0.25) is 5.91 Å². The number of carbonyl (C=O) groups excluding carboxylic acids is 1. The van der Waals surface area contributed by atoms with Gasteiger partial charge in [-0.1, -0.05) is 13.5 Å². The zero-order valence-corrected chi connectivity index (χ0v) is 14.4. The Balaban J connectivity index is 4.42. The fraction of sp³-hybridized carbons (Fsp3) is 0.786. The molecule has 0 rings (SSSR count). The van der Waals surface area contributed by atoms with Crippen molar-refractivity contribution < 1.29 is 22.2 Å². The number of rotatable bonds is 10. The van der Waals surface area contributed by atoms with Gasteiger partial charge in [-0.15, -0.1) is 0 Å². The van der Waals surface area contributed by atoms with Gasteiger partial charge >= 0.3 is 0 Å². The summed E-state index contributed by atoms with van der Waals surface area (Å²) >= 11 is 0. The van der Waals surface area contributed by atoms with Crippen LogP contribution < -0.4 is 0 Å². The molecule has 0 saturated heterocycles. The number of hydrogen-bond acceptors (Lipinski definition) is 4. The van der Waals surface area contributed by atoms with Crippen molar-refractivity contribution in [3.05, 3.63) is 12.2 Å². The fourth-order valence-electron chi connectivity index (χ4n) is 2.03. The van der Waals surface area contributed by atoms with Gasteiger partial charge in [-0.3, -0.25) is 4.79 Å². The summed E-state index contributed by atoms with van der Waals surface area (Å²) in [5.74, 6) is -0.378. The average molecular weight is 320 g/mol. The summed E-state index contributed by atoms with van der Waals surface area (Å²) < 4.78 is 32.4. The SMILES string of the molecule is C=C(C)C(=O)N(CCC)CC[N+](C)(C)CCCS(=O)(=O)[O-]. The van der Waals surface area contributed by atoms with Crippen molar-refractivity contribution in [1.82, 2.24) is 4.90 Å². The van der Waals surface area contributed by atoms with Gasteiger partial charge in [0.1, 0.15) is 0 Å². The summed E-state index contributed by atoms with van der Waals surface area (Å²) in [5.41, 5.74) is 0.520. The number of amides is 1. The molecule has 0 heterocycles. The second kappa shape index (κ2) is 8.51. The number of hydrogen-bond donors (Lipinski definition) is 0. The Hall–Kier alpha value is -0.920. The molecule has 0 bridgehead atoms. The maximum Gasteiger partial charge on any atom is 0.249 e. The van der Waals surface area contributed by atoms with Gasteiger partial charge in [-0.05, 0) is 13.3 Å². The van der Waals surface area contributed by atoms with E-state index in [-0.39, 0.29) is 11.7 Å². The molecule has 0 aromatic carbocycles. The third-order valence-corrected chi connectivity index (χ3v) is 4.07. The van der Waals surface area contributed by atoms with E-state index in [0.29, 0.717) is 42.7 Å². The van der Waals surface area contributed by atoms with Crippen molar-refractivity contribution in [3.8, 4) is 0 Å². The predicted octanol–water partition coefficient (Wildman–Crippen LogP) is 0.813. The molecule has 124 valence electrons. The summed E-state index contributed by atoms with van der Waals surface area (Å²) in [6.07, 6.45) is 1.21. The third kappa shape index (κ3) is 9.60. The maximum atomic E-state index is 12.0. The smallest absolute Gasteiger partial charge is 0.249 e. The lowest BCUT2D eigenvalue weighted by Gasteiger charge is -2.33. The van der Waals surface area contributed by atoms with E-state index in [2.05, 4.69) is 6.58 Å². The lowest BCUT2D eigenvalue weighted by molar-refractivity contribution is -0.889. The van der Waals surface area contributed by atoms with Gasteiger partial charge in [-0.25, -0.2) is 8.42 Å². The van der Waals surface area contributed by atoms with Crippen molar-refractivity contribution >= 4 is 16.0 Å². The highest BCUT2D eigenvalue weighted by atomic mass is 32.2. The van der Waals surface area contributed by atoms with Gasteiger partial charge < -0.3 is 13.9 Å². The molecule has 0 fully saturated rings. The van der Waals surface area contributed by atoms with E-state index in [0.717, 1.165) is 6.42 Å². The van der Waals surface area contributed by atoms with E-state index in [1.54, 1.807) is 11.8 Å². The predicted molar refractivity (Wildman–Crippen MR) is 82.7 cm³/mol. The molecule has 0 aliphatic heterocycles. The molecule has 0 aliphatic carbocycles. The van der Waals surface area contributed by atoms with Crippen molar-refractivity contribution in [3.63, 3.8) is 0 Å². The Morgan fingerprint density at radius 3 is 2.24 bits per heavy atom. The quantitative estimate of drug-likeness (QED) is 0.339. The van der Waals surface area contributed by atoms with Crippen LogP contribution in [-0.2, 0) is 14.9 Å². The molecular weight excluding hydrogens is 292 g/mol. The summed E-state index contributed by atoms with van der Waals surface area (Å²) in [7, 11) is -0.217. The molecule has 1 amide bonds. The largest absolute Gasteiger partial charge is 0.748 e. The van der Waals surface area contributed by atoms with Crippen LogP contribution in [0.25, 0.3) is 0 Å². The topological polar surface area (TPSA) is 77.5 Å². The number of nitrogens with zero attached hydrogens (tertiary/aromatic N) is 2. The van der Waals surface area contributed by atoms with Gasteiger partial charge in [0.25, 0.3) is 0 Å². The molecule has 7 heteroatoms. The molecule has 0 aliphatic rings. The summed E-state index contributed by atoms with van der Waals surface area (Å²) in [6, 6.07) is 0. The Bertz CT molecular complexity index is 458. The summed E-state index contributed by atoms with van der Waals surface area (Å²) in [4.78, 5) is 13.8. The average Bonchev–Trinajstić information content (AvgIpc) is 2.31. The van der Waals surface area contributed by atoms with Crippen molar-refractivity contribution in [2.45, 2.75) is 26.7 Å². The fourth-order valence-corrected chi connectivity index (χ4v) is 2.51. The Labute approximate surface area is 128 Å². The van der Waals surface area contributed by atoms with Gasteiger partial charge in [0, 0.05) is 24.3 Å². The molecule has 6 nitrogen and oxygen atoms in total. The molecular formula is C14H28N2O4S. The van der Waals surface area contributed by atoms with E-state index in [1.807, 2.05) is 21.0 Å². The van der Waals surface area contributed by atoms with E-state index in [1.165, 1.54) is 0 Å². The number of quaternary nitrogens is 1. The Morgan fingerprint density at radius 2 is 1.81 bits per heavy atom. The minimum absolute atomic E-state index is 0.0426. The molecule has 0 unspecified atom stereocenters. The molecule has 21 heavy (non-hydrogen) atoms. The van der Waals surface area contributed by atoms with Crippen LogP contribution in [0.2, 0.25) is 0 Å². The lowest BCUT2D eigenvalue weighted by Crippen LogP contribution is -2.47. The zero-order chi connectivity index (χ0) is 16.7. The van der Waals surface area contributed by atoms with Crippen molar-refractivity contribution in [1.29, 1.82) is 0 Å². The number of likely N-dealkylation sites (N-methyl/N-ethyl adjacent to an activating group) is 1. The minimum atomic E-state index is -4.15. The first-order chi connectivity index (χ1) is 9.48. The molecule has 0 aromatic rings. The third-order valence-electron chi connectivity index (χ3n) is 3.28. The molecule has 0 spiro atoms. The first kappa shape index (κ1) is 20.1. The Kier molecular flexibility index (Phi) is 8.13. The van der Waals surface area contributed by atoms with E-state index in [4.69, 9.17) is 0 Å². The van der Waals surface area contributed by atoms with Gasteiger partial charge in [-0.2, -0.15) is 0 Å². The number of carbonyl (C=O) groups is 1. The van der Waals surface area contributed by atoms with Crippen LogP contribution in [0.15, 0.2) is 12.2 Å². The van der Waals surface area contributed by atoms with Gasteiger partial charge in [0.15, 0.2) is 0 Å².